The summed E-state index contributed by atoms with van der Waals surface area (Å²) in [7, 11) is 0. The molecule has 0 spiro atoms. The third-order valence-corrected chi connectivity index (χ3v) is 6.96. The fraction of sp³-hybridized carbons (Fsp3) is 0.214. The topological polar surface area (TPSA) is 107 Å². The molecule has 3 aliphatic heterocycles. The monoisotopic (exact) mass is 460 g/mol. The zero-order valence-corrected chi connectivity index (χ0v) is 18.8. The van der Waals surface area contributed by atoms with Crippen molar-refractivity contribution in [1.29, 1.82) is 10.5 Å². The highest BCUT2D eigenvalue weighted by atomic mass is 16.4. The molecule has 7 nitrogen and oxygen atoms in total. The number of carbonyl (C=O) groups excluding carboxylic acids is 1. The van der Waals surface area contributed by atoms with Crippen LogP contribution in [0, 0.1) is 34.5 Å². The Labute approximate surface area is 201 Å². The minimum Gasteiger partial charge on any atom is -0.545 e. The van der Waals surface area contributed by atoms with Gasteiger partial charge < -0.3 is 19.2 Å². The van der Waals surface area contributed by atoms with E-state index in [1.54, 1.807) is 18.2 Å². The van der Waals surface area contributed by atoms with Crippen LogP contribution in [0.25, 0.3) is 33.4 Å². The van der Waals surface area contributed by atoms with Gasteiger partial charge in [0.15, 0.2) is 19.0 Å². The standard InChI is InChI=1S/C28H20N4O3/c29-11-17-13-31(14-17)19-5-7-23-25(9-19)35-26-10-20(32-15-18(12-30)16-32)6-8-24(26)27(23)21-3-1-2-4-22(21)28(33)34/h1-10,17-18H,13-16H2. The number of aromatic carboxylic acids is 1. The average Bonchev–Trinajstić information content (AvgIpc) is 2.81. The molecule has 0 radical (unpaired) electrons. The minimum absolute atomic E-state index is 0.0288. The number of rotatable bonds is 3. The van der Waals surface area contributed by atoms with E-state index < -0.39 is 5.97 Å². The molecular weight excluding hydrogens is 440 g/mol. The maximum atomic E-state index is 12.0. The first-order chi connectivity index (χ1) is 17.1. The lowest BCUT2D eigenvalue weighted by atomic mass is 9.90. The predicted octanol–water partition coefficient (Wildman–Crippen LogP) is 2.45. The van der Waals surface area contributed by atoms with E-state index >= 15 is 0 Å². The van der Waals surface area contributed by atoms with Crippen molar-refractivity contribution < 1.29 is 14.3 Å². The number of nitrogens with zero attached hydrogens (tertiary/aromatic N) is 4. The number of hydrogen-bond donors (Lipinski definition) is 0. The molecule has 1 aliphatic carbocycles. The van der Waals surface area contributed by atoms with Gasteiger partial charge in [0.05, 0.1) is 30.1 Å². The van der Waals surface area contributed by atoms with Crippen molar-refractivity contribution in [3.63, 3.8) is 0 Å². The van der Waals surface area contributed by atoms with Gasteiger partial charge in [-0.2, -0.15) is 10.5 Å². The number of nitriles is 2. The average molecular weight is 460 g/mol. The van der Waals surface area contributed by atoms with Gasteiger partial charge in [0.25, 0.3) is 0 Å². The second-order valence-electron chi connectivity index (χ2n) is 9.13. The number of fused-ring (bicyclic) bond motifs is 2. The van der Waals surface area contributed by atoms with Gasteiger partial charge in [-0.25, -0.2) is 4.58 Å². The van der Waals surface area contributed by atoms with Gasteiger partial charge in [-0.15, -0.1) is 0 Å². The summed E-state index contributed by atoms with van der Waals surface area (Å²) in [6.45, 7) is 2.70. The Morgan fingerprint density at radius 1 is 0.971 bits per heavy atom. The molecular formula is C28H20N4O3. The van der Waals surface area contributed by atoms with Gasteiger partial charge >= 0.3 is 0 Å². The Kier molecular flexibility index (Phi) is 4.79. The van der Waals surface area contributed by atoms with E-state index in [4.69, 9.17) is 14.9 Å². The zero-order chi connectivity index (χ0) is 24.1. The number of carboxylic acids is 1. The molecule has 2 saturated heterocycles. The Morgan fingerprint density at radius 3 is 2.49 bits per heavy atom. The molecule has 3 heterocycles. The summed E-state index contributed by atoms with van der Waals surface area (Å²) in [5.41, 5.74) is 3.86. The van der Waals surface area contributed by atoms with Crippen LogP contribution in [0.15, 0.2) is 65.1 Å². The molecule has 0 N–H and O–H groups in total. The van der Waals surface area contributed by atoms with Crippen LogP contribution in [-0.4, -0.2) is 32.1 Å². The van der Waals surface area contributed by atoms with Crippen molar-refractivity contribution in [2.24, 2.45) is 11.8 Å². The highest BCUT2D eigenvalue weighted by molar-refractivity contribution is 6.07. The van der Waals surface area contributed by atoms with Gasteiger partial charge in [0.1, 0.15) is 11.3 Å². The molecule has 0 bridgehead atoms. The number of hydrogen-bond acceptors (Lipinski definition) is 6. The summed E-state index contributed by atoms with van der Waals surface area (Å²) < 4.78 is 8.51. The molecule has 0 atom stereocenters. The predicted molar refractivity (Wildman–Crippen MR) is 128 cm³/mol. The fourth-order valence-corrected chi connectivity index (χ4v) is 4.97. The zero-order valence-electron chi connectivity index (χ0n) is 18.8. The van der Waals surface area contributed by atoms with Crippen molar-refractivity contribution in [1.82, 2.24) is 4.58 Å². The van der Waals surface area contributed by atoms with E-state index in [0.717, 1.165) is 27.6 Å². The number of benzene rings is 3. The van der Waals surface area contributed by atoms with Crippen LogP contribution in [0.2, 0.25) is 0 Å². The molecule has 2 aromatic rings. The van der Waals surface area contributed by atoms with E-state index in [2.05, 4.69) is 21.6 Å². The first-order valence-corrected chi connectivity index (χ1v) is 11.5. The van der Waals surface area contributed by atoms with Gasteiger partial charge in [-0.1, -0.05) is 24.3 Å². The first-order valence-electron chi connectivity index (χ1n) is 11.5. The number of carbonyl (C=O) groups is 1. The van der Waals surface area contributed by atoms with E-state index in [0.29, 0.717) is 43.1 Å². The molecule has 2 fully saturated rings. The van der Waals surface area contributed by atoms with Gasteiger partial charge in [0.2, 0.25) is 5.36 Å². The maximum Gasteiger partial charge on any atom is 0.203 e. The molecule has 0 unspecified atom stereocenters. The van der Waals surface area contributed by atoms with Crippen LogP contribution in [0.1, 0.15) is 10.4 Å². The van der Waals surface area contributed by atoms with Crippen molar-refractivity contribution in [3.8, 4) is 34.6 Å². The van der Waals surface area contributed by atoms with Gasteiger partial charge in [-0.3, -0.25) is 0 Å². The molecule has 170 valence electrons. The molecule has 7 heteroatoms. The SMILES string of the molecule is N#CC1CN(c2ccc3c(-c4ccccc4C(=O)[O-])c4ccc(=[N+]5CC(C#N)C5)cc-4oc3c2)C1. The first kappa shape index (κ1) is 20.9. The third kappa shape index (κ3) is 3.41. The minimum atomic E-state index is -1.23. The quantitative estimate of drug-likeness (QED) is 0.343. The Bertz CT molecular complexity index is 1620. The van der Waals surface area contributed by atoms with Crippen LogP contribution in [0.5, 0.6) is 0 Å². The van der Waals surface area contributed by atoms with Crippen LogP contribution in [-0.2, 0) is 0 Å². The maximum absolute atomic E-state index is 12.0. The lowest BCUT2D eigenvalue weighted by Gasteiger charge is -2.37. The number of anilines is 1. The lowest BCUT2D eigenvalue weighted by molar-refractivity contribution is -0.254. The fourth-order valence-electron chi connectivity index (χ4n) is 4.97. The Morgan fingerprint density at radius 2 is 1.74 bits per heavy atom. The number of carboxylic acid groups (broad SMARTS) is 1. The summed E-state index contributed by atoms with van der Waals surface area (Å²) in [4.78, 5) is 14.1. The molecule has 2 aromatic carbocycles. The second-order valence-corrected chi connectivity index (χ2v) is 9.13. The highest BCUT2D eigenvalue weighted by Gasteiger charge is 2.32. The molecule has 6 rings (SSSR count). The molecule has 0 aromatic heterocycles. The summed E-state index contributed by atoms with van der Waals surface area (Å²) in [5.74, 6) is -0.543. The molecule has 4 aliphatic rings. The van der Waals surface area contributed by atoms with E-state index in [-0.39, 0.29) is 17.4 Å². The summed E-state index contributed by atoms with van der Waals surface area (Å²) in [6, 6.07) is 23.2. The van der Waals surface area contributed by atoms with Crippen molar-refractivity contribution in [2.45, 2.75) is 0 Å². The second kappa shape index (κ2) is 8.00. The summed E-state index contributed by atoms with van der Waals surface area (Å²) in [6.07, 6.45) is 0. The van der Waals surface area contributed by atoms with Crippen LogP contribution in [0.3, 0.4) is 0 Å². The van der Waals surface area contributed by atoms with Crippen molar-refractivity contribution in [3.05, 3.63) is 71.6 Å². The van der Waals surface area contributed by atoms with Crippen LogP contribution >= 0.6 is 0 Å². The van der Waals surface area contributed by atoms with E-state index in [9.17, 15) is 9.90 Å². The molecule has 0 amide bonds. The summed E-state index contributed by atoms with van der Waals surface area (Å²) in [5, 5.41) is 32.0. The van der Waals surface area contributed by atoms with Crippen molar-refractivity contribution in [2.75, 3.05) is 31.1 Å². The highest BCUT2D eigenvalue weighted by Crippen LogP contribution is 2.42. The van der Waals surface area contributed by atoms with E-state index in [1.165, 1.54) is 0 Å². The largest absolute Gasteiger partial charge is 0.545 e. The van der Waals surface area contributed by atoms with Crippen molar-refractivity contribution >= 4 is 22.6 Å². The summed E-state index contributed by atoms with van der Waals surface area (Å²) >= 11 is 0. The van der Waals surface area contributed by atoms with Gasteiger partial charge in [-0.05, 0) is 23.8 Å². The van der Waals surface area contributed by atoms with Crippen LogP contribution < -0.4 is 19.9 Å². The van der Waals surface area contributed by atoms with Gasteiger partial charge in [0, 0.05) is 53.0 Å². The Balaban J connectivity index is 1.60. The van der Waals surface area contributed by atoms with Crippen LogP contribution in [0.4, 0.5) is 5.69 Å². The smallest absolute Gasteiger partial charge is 0.203 e. The Hall–Kier alpha value is -4.62. The molecule has 0 saturated carbocycles. The normalized spacial score (nSPS) is 17.5. The lowest BCUT2D eigenvalue weighted by Crippen LogP contribution is -2.48. The third-order valence-electron chi connectivity index (χ3n) is 6.96. The molecule has 35 heavy (non-hydrogen) atoms. The van der Waals surface area contributed by atoms with E-state index in [1.807, 2.05) is 42.5 Å².